The number of hydrogen-bond acceptors (Lipinski definition) is 0. The van der Waals surface area contributed by atoms with Crippen molar-refractivity contribution in [2.45, 2.75) is 20.8 Å². The van der Waals surface area contributed by atoms with Gasteiger partial charge in [-0.25, -0.2) is 0 Å². The summed E-state index contributed by atoms with van der Waals surface area (Å²) in [6.07, 6.45) is 4.31. The highest BCUT2D eigenvalue weighted by Crippen LogP contribution is 2.18. The highest BCUT2D eigenvalue weighted by molar-refractivity contribution is 6.30. The smallest absolute Gasteiger partial charge is 0.0406 e. The van der Waals surface area contributed by atoms with Crippen molar-refractivity contribution in [2.75, 3.05) is 0 Å². The van der Waals surface area contributed by atoms with Crippen molar-refractivity contribution in [3.8, 4) is 0 Å². The third-order valence-electron chi connectivity index (χ3n) is 1.65. The summed E-state index contributed by atoms with van der Waals surface area (Å²) in [5.74, 6) is 0. The Kier molecular flexibility index (Phi) is 3.16. The van der Waals surface area contributed by atoms with E-state index < -0.39 is 0 Å². The van der Waals surface area contributed by atoms with Crippen LogP contribution in [0.1, 0.15) is 26.3 Å². The van der Waals surface area contributed by atoms with Gasteiger partial charge in [-0.15, -0.1) is 0 Å². The molecule has 0 bridgehead atoms. The van der Waals surface area contributed by atoms with E-state index in [0.717, 1.165) is 5.02 Å². The topological polar surface area (TPSA) is 0 Å². The summed E-state index contributed by atoms with van der Waals surface area (Å²) >= 11 is 5.78. The van der Waals surface area contributed by atoms with E-state index in [2.05, 4.69) is 32.9 Å². The van der Waals surface area contributed by atoms with Gasteiger partial charge in [0.1, 0.15) is 0 Å². The zero-order valence-electron chi connectivity index (χ0n) is 8.34. The van der Waals surface area contributed by atoms with Crippen LogP contribution in [0.5, 0.6) is 0 Å². The van der Waals surface area contributed by atoms with Gasteiger partial charge in [0.15, 0.2) is 0 Å². The van der Waals surface area contributed by atoms with Crippen molar-refractivity contribution in [1.82, 2.24) is 0 Å². The van der Waals surface area contributed by atoms with Crippen molar-refractivity contribution in [3.63, 3.8) is 0 Å². The zero-order valence-corrected chi connectivity index (χ0v) is 9.10. The Labute approximate surface area is 85.2 Å². The Morgan fingerprint density at radius 2 is 1.62 bits per heavy atom. The first kappa shape index (κ1) is 10.3. The molecule has 0 aliphatic carbocycles. The first-order chi connectivity index (χ1) is 5.97. The maximum absolute atomic E-state index is 5.78. The monoisotopic (exact) mass is 194 g/mol. The highest BCUT2D eigenvalue weighted by atomic mass is 35.5. The van der Waals surface area contributed by atoms with Crippen molar-refractivity contribution < 1.29 is 0 Å². The second kappa shape index (κ2) is 3.97. The molecular weight excluding hydrogens is 180 g/mol. The Morgan fingerprint density at radius 3 is 2.08 bits per heavy atom. The normalized spacial score (nSPS) is 12.3. The van der Waals surface area contributed by atoms with Gasteiger partial charge >= 0.3 is 0 Å². The number of benzene rings is 1. The Balaban J connectivity index is 2.75. The Morgan fingerprint density at radius 1 is 1.08 bits per heavy atom. The summed E-state index contributed by atoms with van der Waals surface area (Å²) in [5, 5.41) is 0.785. The predicted octanol–water partition coefficient (Wildman–Crippen LogP) is 4.40. The lowest BCUT2D eigenvalue weighted by Gasteiger charge is -2.10. The fourth-order valence-corrected chi connectivity index (χ4v) is 1.05. The van der Waals surface area contributed by atoms with E-state index in [-0.39, 0.29) is 5.41 Å². The number of hydrogen-bond donors (Lipinski definition) is 0. The molecule has 70 valence electrons. The summed E-state index contributed by atoms with van der Waals surface area (Å²) in [7, 11) is 0. The van der Waals surface area contributed by atoms with Gasteiger partial charge in [-0.2, -0.15) is 0 Å². The number of rotatable bonds is 1. The van der Waals surface area contributed by atoms with Crippen LogP contribution < -0.4 is 0 Å². The largest absolute Gasteiger partial charge is 0.0843 e. The first-order valence-corrected chi connectivity index (χ1v) is 4.80. The lowest BCUT2D eigenvalue weighted by Crippen LogP contribution is -1.97. The lowest BCUT2D eigenvalue weighted by molar-refractivity contribution is 0.547. The van der Waals surface area contributed by atoms with Crippen LogP contribution in [-0.2, 0) is 0 Å². The Bertz CT molecular complexity index is 288. The number of allylic oxidation sites excluding steroid dienone is 1. The van der Waals surface area contributed by atoms with Gasteiger partial charge in [-0.05, 0) is 23.1 Å². The van der Waals surface area contributed by atoms with E-state index >= 15 is 0 Å². The van der Waals surface area contributed by atoms with Crippen LogP contribution in [0.15, 0.2) is 30.3 Å². The maximum atomic E-state index is 5.78. The van der Waals surface area contributed by atoms with Crippen LogP contribution in [0.2, 0.25) is 5.02 Å². The molecule has 0 saturated heterocycles. The van der Waals surface area contributed by atoms with E-state index in [1.807, 2.05) is 24.3 Å². The summed E-state index contributed by atoms with van der Waals surface area (Å²) < 4.78 is 0. The molecule has 0 saturated carbocycles. The van der Waals surface area contributed by atoms with Crippen LogP contribution in [0, 0.1) is 5.41 Å². The van der Waals surface area contributed by atoms with Gasteiger partial charge in [0.2, 0.25) is 0 Å². The van der Waals surface area contributed by atoms with Crippen molar-refractivity contribution in [1.29, 1.82) is 0 Å². The molecule has 0 amide bonds. The van der Waals surface area contributed by atoms with Gasteiger partial charge in [-0.1, -0.05) is 56.7 Å². The summed E-state index contributed by atoms with van der Waals surface area (Å²) in [6, 6.07) is 7.85. The molecule has 1 aromatic rings. The first-order valence-electron chi connectivity index (χ1n) is 4.42. The molecule has 13 heavy (non-hydrogen) atoms. The average molecular weight is 195 g/mol. The van der Waals surface area contributed by atoms with E-state index in [0.29, 0.717) is 0 Å². The van der Waals surface area contributed by atoms with Crippen LogP contribution >= 0.6 is 11.6 Å². The highest BCUT2D eigenvalue weighted by Gasteiger charge is 2.02. The van der Waals surface area contributed by atoms with Crippen LogP contribution in [0.4, 0.5) is 0 Å². The van der Waals surface area contributed by atoms with Crippen molar-refractivity contribution in [3.05, 3.63) is 40.9 Å². The third kappa shape index (κ3) is 4.14. The molecule has 1 aromatic carbocycles. The van der Waals surface area contributed by atoms with Gasteiger partial charge < -0.3 is 0 Å². The minimum atomic E-state index is 0.236. The molecule has 0 nitrogen and oxygen atoms in total. The third-order valence-corrected chi connectivity index (χ3v) is 1.90. The molecule has 0 aromatic heterocycles. The second-order valence-electron chi connectivity index (χ2n) is 4.25. The second-order valence-corrected chi connectivity index (χ2v) is 4.69. The molecule has 0 aliphatic rings. The maximum Gasteiger partial charge on any atom is 0.0406 e. The van der Waals surface area contributed by atoms with Gasteiger partial charge in [-0.3, -0.25) is 0 Å². The molecule has 0 aliphatic heterocycles. The summed E-state index contributed by atoms with van der Waals surface area (Å²) in [4.78, 5) is 0. The standard InChI is InChI=1S/C12H15Cl/c1-12(2,3)9-8-10-4-6-11(13)7-5-10/h4-9H,1-3H3/b9-8+. The average Bonchev–Trinajstić information content (AvgIpc) is 2.02. The fourth-order valence-electron chi connectivity index (χ4n) is 0.920. The lowest BCUT2D eigenvalue weighted by atomic mass is 9.95. The Hall–Kier alpha value is -0.750. The van der Waals surface area contributed by atoms with Crippen LogP contribution in [0.25, 0.3) is 6.08 Å². The van der Waals surface area contributed by atoms with Gasteiger partial charge in [0.25, 0.3) is 0 Å². The molecular formula is C12H15Cl. The van der Waals surface area contributed by atoms with Crippen LogP contribution in [-0.4, -0.2) is 0 Å². The van der Waals surface area contributed by atoms with Gasteiger partial charge in [0, 0.05) is 5.02 Å². The number of halogens is 1. The van der Waals surface area contributed by atoms with Crippen LogP contribution in [0.3, 0.4) is 0 Å². The zero-order chi connectivity index (χ0) is 9.90. The van der Waals surface area contributed by atoms with E-state index in [9.17, 15) is 0 Å². The molecule has 0 spiro atoms. The van der Waals surface area contributed by atoms with E-state index in [1.165, 1.54) is 5.56 Å². The molecule has 0 radical (unpaired) electrons. The van der Waals surface area contributed by atoms with E-state index in [4.69, 9.17) is 11.6 Å². The van der Waals surface area contributed by atoms with Crippen molar-refractivity contribution in [2.24, 2.45) is 5.41 Å². The molecule has 0 fully saturated rings. The molecule has 0 N–H and O–H groups in total. The fraction of sp³-hybridized carbons (Fsp3) is 0.333. The molecule has 0 heterocycles. The quantitative estimate of drug-likeness (QED) is 0.622. The molecule has 0 atom stereocenters. The summed E-state index contributed by atoms with van der Waals surface area (Å²) in [5.41, 5.74) is 1.43. The molecule has 0 unspecified atom stereocenters. The van der Waals surface area contributed by atoms with Gasteiger partial charge in [0.05, 0.1) is 0 Å². The molecule has 1 heteroatoms. The van der Waals surface area contributed by atoms with E-state index in [1.54, 1.807) is 0 Å². The molecule has 1 rings (SSSR count). The van der Waals surface area contributed by atoms with Crippen molar-refractivity contribution >= 4 is 17.7 Å². The minimum absolute atomic E-state index is 0.236. The SMILES string of the molecule is CC(C)(C)/C=C/c1ccc(Cl)cc1. The summed E-state index contributed by atoms with van der Waals surface area (Å²) in [6.45, 7) is 6.54. The predicted molar refractivity (Wildman–Crippen MR) is 59.9 cm³/mol. The minimum Gasteiger partial charge on any atom is -0.0843 e.